The van der Waals surface area contributed by atoms with Gasteiger partial charge in [-0.15, -0.1) is 0 Å². The standard InChI is InChI=1S/C13H17NO3/c1-9-11(5-6-17-9)8-14-13(16)10-3-2-4-12(15)7-10/h2-4,7,9,11,15H,5-6,8H2,1H3,(H,14,16). The van der Waals surface area contributed by atoms with Gasteiger partial charge in [-0.25, -0.2) is 0 Å². The molecule has 1 amide bonds. The molecule has 1 aromatic carbocycles. The summed E-state index contributed by atoms with van der Waals surface area (Å²) in [6.45, 7) is 3.42. The van der Waals surface area contributed by atoms with E-state index in [1.54, 1.807) is 18.2 Å². The molecule has 0 saturated carbocycles. The van der Waals surface area contributed by atoms with Gasteiger partial charge in [-0.1, -0.05) is 6.07 Å². The Morgan fingerprint density at radius 2 is 2.41 bits per heavy atom. The van der Waals surface area contributed by atoms with Gasteiger partial charge in [-0.3, -0.25) is 4.79 Å². The Kier molecular flexibility index (Phi) is 3.64. The van der Waals surface area contributed by atoms with Gasteiger partial charge < -0.3 is 15.2 Å². The van der Waals surface area contributed by atoms with Crippen molar-refractivity contribution in [2.24, 2.45) is 5.92 Å². The lowest BCUT2D eigenvalue weighted by Gasteiger charge is -2.14. The molecule has 92 valence electrons. The van der Waals surface area contributed by atoms with E-state index >= 15 is 0 Å². The van der Waals surface area contributed by atoms with E-state index in [0.29, 0.717) is 18.0 Å². The molecule has 1 heterocycles. The first-order chi connectivity index (χ1) is 8.16. The van der Waals surface area contributed by atoms with Crippen LogP contribution in [0.4, 0.5) is 0 Å². The molecule has 0 radical (unpaired) electrons. The molecule has 1 saturated heterocycles. The van der Waals surface area contributed by atoms with Gasteiger partial charge in [-0.2, -0.15) is 0 Å². The normalized spacial score (nSPS) is 23.6. The first-order valence-corrected chi connectivity index (χ1v) is 5.85. The van der Waals surface area contributed by atoms with Crippen molar-refractivity contribution in [3.05, 3.63) is 29.8 Å². The zero-order valence-corrected chi connectivity index (χ0v) is 9.85. The third kappa shape index (κ3) is 2.97. The minimum Gasteiger partial charge on any atom is -0.508 e. The molecular formula is C13H17NO3. The third-order valence-corrected chi connectivity index (χ3v) is 3.17. The van der Waals surface area contributed by atoms with Gasteiger partial charge in [-0.05, 0) is 31.5 Å². The lowest BCUT2D eigenvalue weighted by molar-refractivity contribution is 0.0907. The lowest BCUT2D eigenvalue weighted by Crippen LogP contribution is -2.31. The minimum atomic E-state index is -0.153. The second-order valence-corrected chi connectivity index (χ2v) is 4.39. The number of rotatable bonds is 3. The number of amides is 1. The van der Waals surface area contributed by atoms with E-state index < -0.39 is 0 Å². The SMILES string of the molecule is CC1OCCC1CNC(=O)c1cccc(O)c1. The summed E-state index contributed by atoms with van der Waals surface area (Å²) in [6, 6.07) is 6.35. The van der Waals surface area contributed by atoms with Crippen LogP contribution in [-0.2, 0) is 4.74 Å². The molecule has 4 nitrogen and oxygen atoms in total. The van der Waals surface area contributed by atoms with Crippen LogP contribution in [0.2, 0.25) is 0 Å². The minimum absolute atomic E-state index is 0.107. The molecule has 1 aromatic rings. The van der Waals surface area contributed by atoms with E-state index in [9.17, 15) is 9.90 Å². The van der Waals surface area contributed by atoms with Gasteiger partial charge >= 0.3 is 0 Å². The molecule has 0 bridgehead atoms. The predicted molar refractivity (Wildman–Crippen MR) is 64.0 cm³/mol. The van der Waals surface area contributed by atoms with Crippen molar-refractivity contribution in [2.45, 2.75) is 19.4 Å². The maximum Gasteiger partial charge on any atom is 0.251 e. The fourth-order valence-electron chi connectivity index (χ4n) is 2.02. The smallest absolute Gasteiger partial charge is 0.251 e. The van der Waals surface area contributed by atoms with E-state index in [2.05, 4.69) is 5.32 Å². The highest BCUT2D eigenvalue weighted by molar-refractivity contribution is 5.94. The van der Waals surface area contributed by atoms with Gasteiger partial charge in [0.1, 0.15) is 5.75 Å². The van der Waals surface area contributed by atoms with Gasteiger partial charge in [0.15, 0.2) is 0 Å². The number of carbonyl (C=O) groups excluding carboxylic acids is 1. The Morgan fingerprint density at radius 3 is 3.06 bits per heavy atom. The first-order valence-electron chi connectivity index (χ1n) is 5.85. The number of aromatic hydroxyl groups is 1. The van der Waals surface area contributed by atoms with Crippen LogP contribution in [0.25, 0.3) is 0 Å². The average Bonchev–Trinajstić information content (AvgIpc) is 2.72. The van der Waals surface area contributed by atoms with Crippen molar-refractivity contribution in [1.29, 1.82) is 0 Å². The molecule has 4 heteroatoms. The highest BCUT2D eigenvalue weighted by Crippen LogP contribution is 2.19. The number of hydrogen-bond acceptors (Lipinski definition) is 3. The Bertz CT molecular complexity index is 405. The highest BCUT2D eigenvalue weighted by atomic mass is 16.5. The highest BCUT2D eigenvalue weighted by Gasteiger charge is 2.24. The second-order valence-electron chi connectivity index (χ2n) is 4.39. The fourth-order valence-corrected chi connectivity index (χ4v) is 2.02. The predicted octanol–water partition coefficient (Wildman–Crippen LogP) is 1.55. The molecule has 0 aliphatic carbocycles. The molecule has 1 aliphatic heterocycles. The Labute approximate surface area is 101 Å². The van der Waals surface area contributed by atoms with Crippen LogP contribution in [0.1, 0.15) is 23.7 Å². The van der Waals surface area contributed by atoms with Crippen molar-refractivity contribution < 1.29 is 14.6 Å². The molecule has 2 N–H and O–H groups in total. The number of nitrogens with one attached hydrogen (secondary N) is 1. The van der Waals surface area contributed by atoms with Crippen molar-refractivity contribution in [3.8, 4) is 5.75 Å². The number of ether oxygens (including phenoxy) is 1. The molecule has 0 aromatic heterocycles. The Morgan fingerprint density at radius 1 is 1.59 bits per heavy atom. The van der Waals surface area contributed by atoms with Crippen LogP contribution in [0.15, 0.2) is 24.3 Å². The summed E-state index contributed by atoms with van der Waals surface area (Å²) < 4.78 is 5.43. The molecule has 1 aliphatic rings. The molecular weight excluding hydrogens is 218 g/mol. The summed E-state index contributed by atoms with van der Waals surface area (Å²) >= 11 is 0. The van der Waals surface area contributed by atoms with Crippen LogP contribution in [-0.4, -0.2) is 30.3 Å². The summed E-state index contributed by atoms with van der Waals surface area (Å²) in [5.41, 5.74) is 0.483. The number of carbonyl (C=O) groups is 1. The quantitative estimate of drug-likeness (QED) is 0.835. The zero-order chi connectivity index (χ0) is 12.3. The van der Waals surface area contributed by atoms with Crippen molar-refractivity contribution in [3.63, 3.8) is 0 Å². The van der Waals surface area contributed by atoms with E-state index in [-0.39, 0.29) is 17.8 Å². The number of phenols is 1. The summed E-state index contributed by atoms with van der Waals surface area (Å²) in [7, 11) is 0. The van der Waals surface area contributed by atoms with Crippen LogP contribution >= 0.6 is 0 Å². The van der Waals surface area contributed by atoms with Crippen LogP contribution in [0.5, 0.6) is 5.75 Å². The summed E-state index contributed by atoms with van der Waals surface area (Å²) in [5.74, 6) is 0.339. The van der Waals surface area contributed by atoms with Crippen molar-refractivity contribution in [2.75, 3.05) is 13.2 Å². The number of hydrogen-bond donors (Lipinski definition) is 2. The molecule has 2 atom stereocenters. The summed E-state index contributed by atoms with van der Waals surface area (Å²) in [5, 5.41) is 12.2. The van der Waals surface area contributed by atoms with E-state index in [4.69, 9.17) is 4.74 Å². The van der Waals surface area contributed by atoms with Gasteiger partial charge in [0.2, 0.25) is 0 Å². The Hall–Kier alpha value is -1.55. The topological polar surface area (TPSA) is 58.6 Å². The van der Waals surface area contributed by atoms with E-state index in [1.165, 1.54) is 6.07 Å². The van der Waals surface area contributed by atoms with E-state index in [0.717, 1.165) is 13.0 Å². The number of phenolic OH excluding ortho intramolecular Hbond substituents is 1. The summed E-state index contributed by atoms with van der Waals surface area (Å²) in [6.07, 6.45) is 1.20. The molecule has 2 unspecified atom stereocenters. The maximum atomic E-state index is 11.8. The Balaban J connectivity index is 1.89. The van der Waals surface area contributed by atoms with Crippen molar-refractivity contribution >= 4 is 5.91 Å². The van der Waals surface area contributed by atoms with Crippen LogP contribution < -0.4 is 5.32 Å². The van der Waals surface area contributed by atoms with Crippen molar-refractivity contribution in [1.82, 2.24) is 5.32 Å². The molecule has 2 rings (SSSR count). The van der Waals surface area contributed by atoms with Gasteiger partial charge in [0.25, 0.3) is 5.91 Å². The lowest BCUT2D eigenvalue weighted by atomic mass is 10.0. The first kappa shape index (κ1) is 11.9. The second kappa shape index (κ2) is 5.19. The van der Waals surface area contributed by atoms with Crippen LogP contribution in [0.3, 0.4) is 0 Å². The molecule has 17 heavy (non-hydrogen) atoms. The monoisotopic (exact) mass is 235 g/mol. The number of benzene rings is 1. The van der Waals surface area contributed by atoms with Crippen LogP contribution in [0, 0.1) is 5.92 Å². The average molecular weight is 235 g/mol. The largest absolute Gasteiger partial charge is 0.508 e. The fraction of sp³-hybridized carbons (Fsp3) is 0.462. The molecule has 0 spiro atoms. The summed E-state index contributed by atoms with van der Waals surface area (Å²) in [4.78, 5) is 11.8. The van der Waals surface area contributed by atoms with Gasteiger partial charge in [0.05, 0.1) is 6.10 Å². The zero-order valence-electron chi connectivity index (χ0n) is 9.85. The van der Waals surface area contributed by atoms with Gasteiger partial charge in [0, 0.05) is 24.6 Å². The van der Waals surface area contributed by atoms with E-state index in [1.807, 2.05) is 6.92 Å². The molecule has 1 fully saturated rings. The third-order valence-electron chi connectivity index (χ3n) is 3.17. The maximum absolute atomic E-state index is 11.8.